The van der Waals surface area contributed by atoms with Crippen LogP contribution in [0.25, 0.3) is 0 Å². The van der Waals surface area contributed by atoms with Crippen LogP contribution in [0.1, 0.15) is 21.7 Å². The number of aryl methyl sites for hydroxylation is 1. The van der Waals surface area contributed by atoms with E-state index in [4.69, 9.17) is 5.26 Å². The van der Waals surface area contributed by atoms with Crippen molar-refractivity contribution in [3.63, 3.8) is 0 Å². The average molecular weight is 257 g/mol. The number of nitrogens with zero attached hydrogens (tertiary/aromatic N) is 3. The van der Waals surface area contributed by atoms with Gasteiger partial charge in [0.25, 0.3) is 0 Å². The number of thiazole rings is 1. The second-order valence-electron chi connectivity index (χ2n) is 4.30. The summed E-state index contributed by atoms with van der Waals surface area (Å²) >= 11 is 1.68. The molecule has 0 saturated carbocycles. The molecule has 0 aliphatic carbocycles. The molecule has 1 heterocycles. The summed E-state index contributed by atoms with van der Waals surface area (Å²) < 4.78 is 0. The molecule has 0 unspecified atom stereocenters. The van der Waals surface area contributed by atoms with E-state index in [1.54, 1.807) is 11.3 Å². The summed E-state index contributed by atoms with van der Waals surface area (Å²) in [6.45, 7) is 3.68. The quantitative estimate of drug-likeness (QED) is 0.845. The molecule has 18 heavy (non-hydrogen) atoms. The van der Waals surface area contributed by atoms with Crippen molar-refractivity contribution in [3.05, 3.63) is 51.5 Å². The third kappa shape index (κ3) is 2.95. The third-order valence-electron chi connectivity index (χ3n) is 2.84. The van der Waals surface area contributed by atoms with Gasteiger partial charge in [-0.15, -0.1) is 11.3 Å². The minimum atomic E-state index is 0.755. The van der Waals surface area contributed by atoms with E-state index < -0.39 is 0 Å². The predicted molar refractivity (Wildman–Crippen MR) is 73.2 cm³/mol. The molecule has 1 aromatic heterocycles. The first-order valence-corrected chi connectivity index (χ1v) is 6.64. The molecule has 0 amide bonds. The van der Waals surface area contributed by atoms with Gasteiger partial charge in [-0.3, -0.25) is 4.90 Å². The van der Waals surface area contributed by atoms with E-state index in [1.165, 1.54) is 4.88 Å². The van der Waals surface area contributed by atoms with Crippen molar-refractivity contribution in [1.82, 2.24) is 9.88 Å². The molecule has 0 radical (unpaired) electrons. The van der Waals surface area contributed by atoms with Gasteiger partial charge in [-0.1, -0.05) is 18.2 Å². The standard InChI is InChI=1S/C14H15N3S/c1-11-14(18-10-16-11)9-17(2)8-13-6-4-3-5-12(13)7-15/h3-6,10H,8-9H2,1-2H3. The van der Waals surface area contributed by atoms with Gasteiger partial charge in [-0.05, 0) is 25.6 Å². The maximum atomic E-state index is 9.06. The maximum Gasteiger partial charge on any atom is 0.0995 e. The molecule has 0 N–H and O–H groups in total. The van der Waals surface area contributed by atoms with Gasteiger partial charge in [0.05, 0.1) is 22.8 Å². The zero-order chi connectivity index (χ0) is 13.0. The largest absolute Gasteiger partial charge is 0.297 e. The molecule has 4 heteroatoms. The van der Waals surface area contributed by atoms with Gasteiger partial charge in [-0.2, -0.15) is 5.26 Å². The minimum Gasteiger partial charge on any atom is -0.297 e. The molecular weight excluding hydrogens is 242 g/mol. The highest BCUT2D eigenvalue weighted by molar-refractivity contribution is 7.09. The molecule has 2 aromatic rings. The van der Waals surface area contributed by atoms with E-state index in [2.05, 4.69) is 23.0 Å². The number of hydrogen-bond donors (Lipinski definition) is 0. The molecule has 0 bridgehead atoms. The lowest BCUT2D eigenvalue weighted by molar-refractivity contribution is 0.321. The van der Waals surface area contributed by atoms with Crippen molar-refractivity contribution < 1.29 is 0 Å². The van der Waals surface area contributed by atoms with E-state index >= 15 is 0 Å². The molecule has 0 saturated heterocycles. The van der Waals surface area contributed by atoms with Crippen molar-refractivity contribution in [3.8, 4) is 6.07 Å². The fraction of sp³-hybridized carbons (Fsp3) is 0.286. The summed E-state index contributed by atoms with van der Waals surface area (Å²) in [6, 6.07) is 9.98. The van der Waals surface area contributed by atoms with Gasteiger partial charge in [0.1, 0.15) is 0 Å². The number of benzene rings is 1. The molecule has 0 fully saturated rings. The Labute approximate surface area is 111 Å². The first-order chi connectivity index (χ1) is 8.70. The number of hydrogen-bond acceptors (Lipinski definition) is 4. The van der Waals surface area contributed by atoms with Crippen LogP contribution in [0.5, 0.6) is 0 Å². The summed E-state index contributed by atoms with van der Waals surface area (Å²) in [5.41, 5.74) is 4.80. The Morgan fingerprint density at radius 1 is 1.33 bits per heavy atom. The summed E-state index contributed by atoms with van der Waals surface area (Å²) in [7, 11) is 2.06. The van der Waals surface area contributed by atoms with Crippen LogP contribution in [0.2, 0.25) is 0 Å². The van der Waals surface area contributed by atoms with Crippen LogP contribution in [-0.2, 0) is 13.1 Å². The second kappa shape index (κ2) is 5.76. The summed E-state index contributed by atoms with van der Waals surface area (Å²) in [4.78, 5) is 7.74. The highest BCUT2D eigenvalue weighted by Crippen LogP contribution is 2.16. The fourth-order valence-electron chi connectivity index (χ4n) is 1.84. The van der Waals surface area contributed by atoms with Crippen LogP contribution in [0.4, 0.5) is 0 Å². The average Bonchev–Trinajstić information content (AvgIpc) is 2.75. The molecule has 0 atom stereocenters. The van der Waals surface area contributed by atoms with Crippen LogP contribution >= 0.6 is 11.3 Å². The highest BCUT2D eigenvalue weighted by atomic mass is 32.1. The van der Waals surface area contributed by atoms with Crippen molar-refractivity contribution in [2.75, 3.05) is 7.05 Å². The van der Waals surface area contributed by atoms with E-state index in [-0.39, 0.29) is 0 Å². The number of nitriles is 1. The van der Waals surface area contributed by atoms with Gasteiger partial charge < -0.3 is 0 Å². The third-order valence-corrected chi connectivity index (χ3v) is 3.76. The van der Waals surface area contributed by atoms with Gasteiger partial charge in [0, 0.05) is 18.0 Å². The first kappa shape index (κ1) is 12.7. The molecule has 0 aliphatic rings. The summed E-state index contributed by atoms with van der Waals surface area (Å²) in [6.07, 6.45) is 0. The Kier molecular flexibility index (Phi) is 4.08. The Balaban J connectivity index is 2.06. The molecule has 3 nitrogen and oxygen atoms in total. The zero-order valence-electron chi connectivity index (χ0n) is 10.6. The Hall–Kier alpha value is -1.70. The molecule has 0 aliphatic heterocycles. The predicted octanol–water partition coefficient (Wildman–Crippen LogP) is 2.96. The van der Waals surface area contributed by atoms with E-state index in [0.29, 0.717) is 0 Å². The fourth-order valence-corrected chi connectivity index (χ4v) is 2.69. The molecule has 0 spiro atoms. The molecule has 2 rings (SSSR count). The molecule has 92 valence electrons. The number of rotatable bonds is 4. The van der Waals surface area contributed by atoms with Crippen LogP contribution in [0.15, 0.2) is 29.8 Å². The maximum absolute atomic E-state index is 9.06. The normalized spacial score (nSPS) is 10.6. The van der Waals surface area contributed by atoms with Gasteiger partial charge >= 0.3 is 0 Å². The minimum absolute atomic E-state index is 0.755. The van der Waals surface area contributed by atoms with Crippen LogP contribution in [0.3, 0.4) is 0 Å². The molecular formula is C14H15N3S. The van der Waals surface area contributed by atoms with Crippen LogP contribution < -0.4 is 0 Å². The van der Waals surface area contributed by atoms with Crippen LogP contribution in [-0.4, -0.2) is 16.9 Å². The SMILES string of the molecule is Cc1ncsc1CN(C)Cc1ccccc1C#N. The van der Waals surface area contributed by atoms with E-state index in [1.807, 2.05) is 36.7 Å². The lowest BCUT2D eigenvalue weighted by Crippen LogP contribution is -2.17. The lowest BCUT2D eigenvalue weighted by Gasteiger charge is -2.16. The van der Waals surface area contributed by atoms with Crippen molar-refractivity contribution in [2.24, 2.45) is 0 Å². The summed E-state index contributed by atoms with van der Waals surface area (Å²) in [5, 5.41) is 9.06. The van der Waals surface area contributed by atoms with Gasteiger partial charge in [0.15, 0.2) is 0 Å². The Morgan fingerprint density at radius 3 is 2.78 bits per heavy atom. The topological polar surface area (TPSA) is 39.9 Å². The second-order valence-corrected chi connectivity index (χ2v) is 5.24. The van der Waals surface area contributed by atoms with Crippen LogP contribution in [0, 0.1) is 18.3 Å². The van der Waals surface area contributed by atoms with Crippen molar-refractivity contribution in [1.29, 1.82) is 5.26 Å². The van der Waals surface area contributed by atoms with Gasteiger partial charge in [-0.25, -0.2) is 4.98 Å². The van der Waals surface area contributed by atoms with Crippen molar-refractivity contribution in [2.45, 2.75) is 20.0 Å². The zero-order valence-corrected chi connectivity index (χ0v) is 11.4. The summed E-state index contributed by atoms with van der Waals surface area (Å²) in [5.74, 6) is 0. The monoisotopic (exact) mass is 257 g/mol. The Morgan fingerprint density at radius 2 is 2.11 bits per heavy atom. The van der Waals surface area contributed by atoms with E-state index in [0.717, 1.165) is 29.9 Å². The number of aromatic nitrogens is 1. The molecule has 1 aromatic carbocycles. The van der Waals surface area contributed by atoms with Crippen molar-refractivity contribution >= 4 is 11.3 Å². The highest BCUT2D eigenvalue weighted by Gasteiger charge is 2.08. The van der Waals surface area contributed by atoms with E-state index in [9.17, 15) is 0 Å². The smallest absolute Gasteiger partial charge is 0.0995 e. The van der Waals surface area contributed by atoms with Gasteiger partial charge in [0.2, 0.25) is 0 Å². The Bertz CT molecular complexity index is 568. The first-order valence-electron chi connectivity index (χ1n) is 5.76. The lowest BCUT2D eigenvalue weighted by atomic mass is 10.1.